The second-order valence-corrected chi connectivity index (χ2v) is 5.02. The first kappa shape index (κ1) is 14.2. The van der Waals surface area contributed by atoms with E-state index in [2.05, 4.69) is 0 Å². The minimum absolute atomic E-state index is 0.106. The van der Waals surface area contributed by atoms with Gasteiger partial charge in [0.15, 0.2) is 11.6 Å². The highest BCUT2D eigenvalue weighted by Gasteiger charge is 2.15. The van der Waals surface area contributed by atoms with E-state index in [0.29, 0.717) is 5.69 Å². The molecule has 0 aliphatic rings. The van der Waals surface area contributed by atoms with Crippen molar-refractivity contribution in [1.82, 2.24) is 0 Å². The zero-order valence-corrected chi connectivity index (χ0v) is 11.9. The number of rotatable bonds is 2. The number of hydrogen-bond donors (Lipinski definition) is 0. The molecule has 4 heteroatoms. The molecule has 3 rings (SSSR count). The first-order chi connectivity index (χ1) is 10.6. The number of benzene rings is 3. The predicted octanol–water partition coefficient (Wildman–Crippen LogP) is 4.39. The lowest BCUT2D eigenvalue weighted by atomic mass is 10.1. The van der Waals surface area contributed by atoms with Crippen LogP contribution in [0.15, 0.2) is 60.7 Å². The second kappa shape index (κ2) is 5.56. The quantitative estimate of drug-likeness (QED) is 0.687. The molecular weight excluding hydrogens is 284 g/mol. The number of amides is 1. The second-order valence-electron chi connectivity index (χ2n) is 5.02. The molecule has 0 fully saturated rings. The number of fused-ring (bicyclic) bond motifs is 1. The summed E-state index contributed by atoms with van der Waals surface area (Å²) in [6.07, 6.45) is 0. The monoisotopic (exact) mass is 297 g/mol. The topological polar surface area (TPSA) is 20.3 Å². The van der Waals surface area contributed by atoms with Gasteiger partial charge in [0.1, 0.15) is 0 Å². The van der Waals surface area contributed by atoms with E-state index in [1.165, 1.54) is 11.0 Å². The fraction of sp³-hybridized carbons (Fsp3) is 0.0556. The molecule has 110 valence electrons. The summed E-state index contributed by atoms with van der Waals surface area (Å²) < 4.78 is 26.2. The van der Waals surface area contributed by atoms with Crippen LogP contribution in [0.1, 0.15) is 10.4 Å². The summed E-state index contributed by atoms with van der Waals surface area (Å²) in [5.74, 6) is -2.39. The van der Waals surface area contributed by atoms with E-state index >= 15 is 0 Å². The van der Waals surface area contributed by atoms with Crippen LogP contribution in [0.2, 0.25) is 0 Å². The van der Waals surface area contributed by atoms with Gasteiger partial charge >= 0.3 is 0 Å². The van der Waals surface area contributed by atoms with Gasteiger partial charge in [-0.2, -0.15) is 0 Å². The highest BCUT2D eigenvalue weighted by molar-refractivity contribution is 6.06. The fourth-order valence-electron chi connectivity index (χ4n) is 2.33. The Kier molecular flexibility index (Phi) is 3.59. The Morgan fingerprint density at radius 1 is 0.864 bits per heavy atom. The summed E-state index contributed by atoms with van der Waals surface area (Å²) in [4.78, 5) is 13.8. The van der Waals surface area contributed by atoms with Crippen LogP contribution in [0.3, 0.4) is 0 Å². The lowest BCUT2D eigenvalue weighted by molar-refractivity contribution is 0.0992. The maximum absolute atomic E-state index is 13.3. The molecule has 22 heavy (non-hydrogen) atoms. The minimum atomic E-state index is -1.03. The van der Waals surface area contributed by atoms with Crippen molar-refractivity contribution in [2.45, 2.75) is 0 Å². The highest BCUT2D eigenvalue weighted by atomic mass is 19.2. The Morgan fingerprint density at radius 2 is 1.59 bits per heavy atom. The molecule has 2 nitrogen and oxygen atoms in total. The van der Waals surface area contributed by atoms with E-state index in [4.69, 9.17) is 0 Å². The van der Waals surface area contributed by atoms with Crippen molar-refractivity contribution in [2.75, 3.05) is 11.9 Å². The van der Waals surface area contributed by atoms with Crippen LogP contribution >= 0.6 is 0 Å². The highest BCUT2D eigenvalue weighted by Crippen LogP contribution is 2.23. The largest absolute Gasteiger partial charge is 0.311 e. The molecule has 0 aromatic heterocycles. The Balaban J connectivity index is 1.95. The van der Waals surface area contributed by atoms with Crippen LogP contribution in [0.25, 0.3) is 10.8 Å². The molecule has 3 aromatic carbocycles. The molecule has 0 bridgehead atoms. The van der Waals surface area contributed by atoms with Gasteiger partial charge in [-0.3, -0.25) is 4.79 Å². The van der Waals surface area contributed by atoms with Crippen molar-refractivity contribution >= 4 is 22.4 Å². The third-order valence-electron chi connectivity index (χ3n) is 3.59. The molecule has 0 N–H and O–H groups in total. The Morgan fingerprint density at radius 3 is 2.32 bits per heavy atom. The lowest BCUT2D eigenvalue weighted by Gasteiger charge is -2.18. The van der Waals surface area contributed by atoms with Crippen LogP contribution in [0.5, 0.6) is 0 Å². The van der Waals surface area contributed by atoms with E-state index in [-0.39, 0.29) is 5.56 Å². The number of anilines is 1. The molecule has 0 radical (unpaired) electrons. The number of carbonyl (C=O) groups is 1. The average Bonchev–Trinajstić information content (AvgIpc) is 2.55. The summed E-state index contributed by atoms with van der Waals surface area (Å²) in [6, 6.07) is 16.6. The van der Waals surface area contributed by atoms with Gasteiger partial charge in [0.05, 0.1) is 0 Å². The smallest absolute Gasteiger partial charge is 0.258 e. The van der Waals surface area contributed by atoms with Gasteiger partial charge in [-0.1, -0.05) is 30.3 Å². The molecule has 0 spiro atoms. The molecule has 0 unspecified atom stereocenters. The summed E-state index contributed by atoms with van der Waals surface area (Å²) in [5, 5.41) is 2.07. The van der Waals surface area contributed by atoms with Crippen LogP contribution in [-0.2, 0) is 0 Å². The average molecular weight is 297 g/mol. The number of carbonyl (C=O) groups excluding carboxylic acids is 1. The van der Waals surface area contributed by atoms with Crippen LogP contribution in [0, 0.1) is 11.6 Å². The molecular formula is C18H13F2NO. The zero-order chi connectivity index (χ0) is 15.7. The third-order valence-corrected chi connectivity index (χ3v) is 3.59. The van der Waals surface area contributed by atoms with E-state index in [1.807, 2.05) is 42.5 Å². The lowest BCUT2D eigenvalue weighted by Crippen LogP contribution is -2.26. The summed E-state index contributed by atoms with van der Waals surface area (Å²) >= 11 is 0. The number of nitrogens with zero attached hydrogens (tertiary/aromatic N) is 1. The summed E-state index contributed by atoms with van der Waals surface area (Å²) in [7, 11) is 1.60. The summed E-state index contributed by atoms with van der Waals surface area (Å²) in [6.45, 7) is 0. The zero-order valence-electron chi connectivity index (χ0n) is 11.9. The first-order valence-electron chi connectivity index (χ1n) is 6.78. The van der Waals surface area contributed by atoms with Gasteiger partial charge in [0.2, 0.25) is 0 Å². The Hall–Kier alpha value is -2.75. The predicted molar refractivity (Wildman–Crippen MR) is 83.0 cm³/mol. The van der Waals surface area contributed by atoms with Crippen molar-refractivity contribution in [3.05, 3.63) is 77.9 Å². The Labute approximate surface area is 126 Å². The molecule has 0 aliphatic heterocycles. The maximum atomic E-state index is 13.3. The van der Waals surface area contributed by atoms with Crippen molar-refractivity contribution < 1.29 is 13.6 Å². The molecule has 0 saturated heterocycles. The Bertz CT molecular complexity index is 861. The molecule has 0 heterocycles. The molecule has 0 saturated carbocycles. The van der Waals surface area contributed by atoms with Gasteiger partial charge in [-0.25, -0.2) is 8.78 Å². The molecule has 0 atom stereocenters. The summed E-state index contributed by atoms with van der Waals surface area (Å²) in [5.41, 5.74) is 0.794. The van der Waals surface area contributed by atoms with Gasteiger partial charge in [0, 0.05) is 18.3 Å². The normalized spacial score (nSPS) is 10.7. The van der Waals surface area contributed by atoms with Crippen molar-refractivity contribution in [3.8, 4) is 0 Å². The van der Waals surface area contributed by atoms with Crippen molar-refractivity contribution in [3.63, 3.8) is 0 Å². The van der Waals surface area contributed by atoms with Crippen molar-refractivity contribution in [1.29, 1.82) is 0 Å². The van der Waals surface area contributed by atoms with E-state index in [1.54, 1.807) is 7.05 Å². The maximum Gasteiger partial charge on any atom is 0.258 e. The molecule has 0 aliphatic carbocycles. The van der Waals surface area contributed by atoms with E-state index in [9.17, 15) is 13.6 Å². The fourth-order valence-corrected chi connectivity index (χ4v) is 2.33. The third kappa shape index (κ3) is 2.55. The number of halogens is 2. The van der Waals surface area contributed by atoms with Gasteiger partial charge in [-0.15, -0.1) is 0 Å². The van der Waals surface area contributed by atoms with Crippen molar-refractivity contribution in [2.24, 2.45) is 0 Å². The number of hydrogen-bond acceptors (Lipinski definition) is 1. The first-order valence-corrected chi connectivity index (χ1v) is 6.78. The standard InChI is InChI=1S/C18H13F2NO/c1-21(18(22)14-7-9-16(19)17(20)11-14)15-8-6-12-4-2-3-5-13(12)10-15/h2-11H,1H3. The van der Waals surface area contributed by atoms with Gasteiger partial charge in [-0.05, 0) is 41.1 Å². The van der Waals surface area contributed by atoms with Crippen LogP contribution in [-0.4, -0.2) is 13.0 Å². The molecule has 3 aromatic rings. The van der Waals surface area contributed by atoms with Gasteiger partial charge < -0.3 is 4.90 Å². The molecule has 1 amide bonds. The van der Waals surface area contributed by atoms with Crippen LogP contribution < -0.4 is 4.90 Å². The minimum Gasteiger partial charge on any atom is -0.311 e. The van der Waals surface area contributed by atoms with Crippen LogP contribution in [0.4, 0.5) is 14.5 Å². The SMILES string of the molecule is CN(C(=O)c1ccc(F)c(F)c1)c1ccc2ccccc2c1. The van der Waals surface area contributed by atoms with Gasteiger partial charge in [0.25, 0.3) is 5.91 Å². The van der Waals surface area contributed by atoms with E-state index in [0.717, 1.165) is 22.9 Å². The van der Waals surface area contributed by atoms with E-state index < -0.39 is 17.5 Å².